The van der Waals surface area contributed by atoms with Gasteiger partial charge in [-0.15, -0.1) is 0 Å². The molecule has 0 fully saturated rings. The number of hydrogen-bond donors (Lipinski definition) is 2. The summed E-state index contributed by atoms with van der Waals surface area (Å²) in [6, 6.07) is 2.74. The number of nitrogens with zero attached hydrogens (tertiary/aromatic N) is 1. The van der Waals surface area contributed by atoms with Crippen LogP contribution in [0.15, 0.2) is 16.9 Å². The second-order valence-corrected chi connectivity index (χ2v) is 3.13. The lowest BCUT2D eigenvalue weighted by Gasteiger charge is -2.13. The quantitative estimate of drug-likeness (QED) is 0.705. The Kier molecular flexibility index (Phi) is 2.60. The molecule has 0 aliphatic carbocycles. The van der Waals surface area contributed by atoms with Crippen molar-refractivity contribution in [1.82, 2.24) is 4.57 Å². The molecular formula is C9H12N2O3. The van der Waals surface area contributed by atoms with E-state index in [1.165, 1.54) is 30.7 Å². The average Bonchev–Trinajstić information content (AvgIpc) is 2.12. The number of rotatable bonds is 2. The van der Waals surface area contributed by atoms with E-state index in [-0.39, 0.29) is 5.56 Å². The van der Waals surface area contributed by atoms with Gasteiger partial charge in [-0.25, -0.2) is 0 Å². The van der Waals surface area contributed by atoms with Crippen molar-refractivity contribution in [3.63, 3.8) is 0 Å². The van der Waals surface area contributed by atoms with Crippen molar-refractivity contribution < 1.29 is 9.90 Å². The Hall–Kier alpha value is -1.78. The highest BCUT2D eigenvalue weighted by molar-refractivity contribution is 5.77. The van der Waals surface area contributed by atoms with Gasteiger partial charge >= 0.3 is 5.97 Å². The van der Waals surface area contributed by atoms with E-state index < -0.39 is 11.9 Å². The van der Waals surface area contributed by atoms with Crippen LogP contribution in [0.1, 0.15) is 18.5 Å². The van der Waals surface area contributed by atoms with Gasteiger partial charge in [-0.1, -0.05) is 0 Å². The number of carboxylic acids is 1. The van der Waals surface area contributed by atoms with Crippen LogP contribution in [0.3, 0.4) is 0 Å². The number of nitrogens with two attached hydrogens (primary N) is 1. The number of hydrogen-bond acceptors (Lipinski definition) is 3. The Labute approximate surface area is 80.8 Å². The van der Waals surface area contributed by atoms with E-state index in [1.54, 1.807) is 0 Å². The van der Waals surface area contributed by atoms with E-state index >= 15 is 0 Å². The topological polar surface area (TPSA) is 85.3 Å². The fourth-order valence-corrected chi connectivity index (χ4v) is 1.33. The Bertz CT molecular complexity index is 423. The van der Waals surface area contributed by atoms with Gasteiger partial charge in [-0.3, -0.25) is 9.59 Å². The SMILES string of the molecule is CC(C(=O)O)c1c(N)ccc(=O)n1C. The van der Waals surface area contributed by atoms with Crippen molar-refractivity contribution in [3.8, 4) is 0 Å². The molecule has 1 aromatic rings. The summed E-state index contributed by atoms with van der Waals surface area (Å²) >= 11 is 0. The van der Waals surface area contributed by atoms with E-state index in [0.717, 1.165) is 0 Å². The molecule has 3 N–H and O–H groups in total. The Balaban J connectivity index is 3.39. The van der Waals surface area contributed by atoms with Crippen LogP contribution in [0.2, 0.25) is 0 Å². The van der Waals surface area contributed by atoms with Gasteiger partial charge in [0.2, 0.25) is 0 Å². The number of carboxylic acid groups (broad SMARTS) is 1. The predicted molar refractivity (Wildman–Crippen MR) is 52.1 cm³/mol. The van der Waals surface area contributed by atoms with Crippen molar-refractivity contribution in [2.75, 3.05) is 5.73 Å². The van der Waals surface area contributed by atoms with E-state index in [2.05, 4.69) is 0 Å². The first-order chi connectivity index (χ1) is 6.45. The molecule has 1 unspecified atom stereocenters. The zero-order chi connectivity index (χ0) is 10.9. The molecule has 1 aromatic heterocycles. The maximum atomic E-state index is 11.2. The van der Waals surface area contributed by atoms with Crippen molar-refractivity contribution >= 4 is 11.7 Å². The number of nitrogen functional groups attached to an aromatic ring is 1. The average molecular weight is 196 g/mol. The highest BCUT2D eigenvalue weighted by Crippen LogP contribution is 2.19. The molecular weight excluding hydrogens is 184 g/mol. The molecule has 1 atom stereocenters. The molecule has 0 aliphatic rings. The molecule has 5 heteroatoms. The summed E-state index contributed by atoms with van der Waals surface area (Å²) in [5, 5.41) is 8.80. The molecule has 1 rings (SSSR count). The van der Waals surface area contributed by atoms with Crippen LogP contribution in [0, 0.1) is 0 Å². The second-order valence-electron chi connectivity index (χ2n) is 3.13. The van der Waals surface area contributed by atoms with Crippen LogP contribution in [-0.2, 0) is 11.8 Å². The monoisotopic (exact) mass is 196 g/mol. The maximum absolute atomic E-state index is 11.2. The minimum atomic E-state index is -1.00. The van der Waals surface area contributed by atoms with Gasteiger partial charge in [0, 0.05) is 13.1 Å². The van der Waals surface area contributed by atoms with Crippen LogP contribution in [0.5, 0.6) is 0 Å². The third-order valence-corrected chi connectivity index (χ3v) is 2.17. The van der Waals surface area contributed by atoms with Gasteiger partial charge in [-0.05, 0) is 13.0 Å². The normalized spacial score (nSPS) is 12.4. The summed E-state index contributed by atoms with van der Waals surface area (Å²) in [5.74, 6) is -1.79. The molecule has 5 nitrogen and oxygen atoms in total. The summed E-state index contributed by atoms with van der Waals surface area (Å²) < 4.78 is 1.26. The van der Waals surface area contributed by atoms with Gasteiger partial charge < -0.3 is 15.4 Å². The van der Waals surface area contributed by atoms with Crippen molar-refractivity contribution in [1.29, 1.82) is 0 Å². The minimum Gasteiger partial charge on any atom is -0.481 e. The highest BCUT2D eigenvalue weighted by Gasteiger charge is 2.19. The van der Waals surface area contributed by atoms with E-state index in [4.69, 9.17) is 10.8 Å². The number of carbonyl (C=O) groups is 1. The summed E-state index contributed by atoms with van der Waals surface area (Å²) in [5.41, 5.74) is 6.00. The Morgan fingerprint density at radius 1 is 1.57 bits per heavy atom. The van der Waals surface area contributed by atoms with Gasteiger partial charge in [0.25, 0.3) is 5.56 Å². The molecule has 1 heterocycles. The van der Waals surface area contributed by atoms with Crippen LogP contribution in [0.25, 0.3) is 0 Å². The molecule has 0 spiro atoms. The molecule has 14 heavy (non-hydrogen) atoms. The maximum Gasteiger partial charge on any atom is 0.312 e. The largest absolute Gasteiger partial charge is 0.481 e. The summed E-state index contributed by atoms with van der Waals surface area (Å²) in [7, 11) is 1.51. The predicted octanol–water partition coefficient (Wildman–Crippen LogP) is 0.156. The number of pyridine rings is 1. The lowest BCUT2D eigenvalue weighted by Crippen LogP contribution is -2.24. The number of anilines is 1. The van der Waals surface area contributed by atoms with Crippen LogP contribution in [0.4, 0.5) is 5.69 Å². The first kappa shape index (κ1) is 10.3. The zero-order valence-corrected chi connectivity index (χ0v) is 8.02. The molecule has 76 valence electrons. The highest BCUT2D eigenvalue weighted by atomic mass is 16.4. The minimum absolute atomic E-state index is 0.262. The number of aromatic nitrogens is 1. The second kappa shape index (κ2) is 3.53. The van der Waals surface area contributed by atoms with E-state index in [9.17, 15) is 9.59 Å². The number of aliphatic carboxylic acids is 1. The summed E-state index contributed by atoms with van der Waals surface area (Å²) in [6.07, 6.45) is 0. The first-order valence-electron chi connectivity index (χ1n) is 4.13. The first-order valence-corrected chi connectivity index (χ1v) is 4.13. The van der Waals surface area contributed by atoms with Gasteiger partial charge in [0.1, 0.15) is 0 Å². The summed E-state index contributed by atoms with van der Waals surface area (Å²) in [4.78, 5) is 22.0. The molecule has 0 amide bonds. The van der Waals surface area contributed by atoms with Gasteiger partial charge in [0.15, 0.2) is 0 Å². The fourth-order valence-electron chi connectivity index (χ4n) is 1.33. The van der Waals surface area contributed by atoms with E-state index in [1.807, 2.05) is 0 Å². The van der Waals surface area contributed by atoms with Gasteiger partial charge in [0.05, 0.1) is 17.3 Å². The van der Waals surface area contributed by atoms with Crippen molar-refractivity contribution in [2.24, 2.45) is 7.05 Å². The van der Waals surface area contributed by atoms with Crippen LogP contribution in [-0.4, -0.2) is 15.6 Å². The lowest BCUT2D eigenvalue weighted by molar-refractivity contribution is -0.138. The van der Waals surface area contributed by atoms with Crippen LogP contribution < -0.4 is 11.3 Å². The third-order valence-electron chi connectivity index (χ3n) is 2.17. The zero-order valence-electron chi connectivity index (χ0n) is 8.02. The lowest BCUT2D eigenvalue weighted by atomic mass is 10.1. The molecule has 0 saturated carbocycles. The molecule has 0 aromatic carbocycles. The third kappa shape index (κ3) is 1.61. The van der Waals surface area contributed by atoms with Crippen LogP contribution >= 0.6 is 0 Å². The Morgan fingerprint density at radius 2 is 2.14 bits per heavy atom. The fraction of sp³-hybridized carbons (Fsp3) is 0.333. The van der Waals surface area contributed by atoms with Gasteiger partial charge in [-0.2, -0.15) is 0 Å². The smallest absolute Gasteiger partial charge is 0.312 e. The standard InChI is InChI=1S/C9H12N2O3/c1-5(9(13)14)8-6(10)3-4-7(12)11(8)2/h3-5H,10H2,1-2H3,(H,13,14). The molecule has 0 bridgehead atoms. The molecule has 0 aliphatic heterocycles. The Morgan fingerprint density at radius 3 is 2.64 bits per heavy atom. The van der Waals surface area contributed by atoms with Crippen molar-refractivity contribution in [3.05, 3.63) is 28.2 Å². The molecule has 0 saturated heterocycles. The summed E-state index contributed by atoms with van der Waals surface area (Å²) in [6.45, 7) is 1.49. The van der Waals surface area contributed by atoms with Crippen molar-refractivity contribution in [2.45, 2.75) is 12.8 Å². The van der Waals surface area contributed by atoms with E-state index in [0.29, 0.717) is 11.4 Å². The molecule has 0 radical (unpaired) electrons.